The molecule has 0 saturated carbocycles. The van der Waals surface area contributed by atoms with Crippen LogP contribution in [0.5, 0.6) is 11.5 Å². The normalized spacial score (nSPS) is 14.9. The first-order valence-electron chi connectivity index (χ1n) is 12.5. The maximum absolute atomic E-state index is 10.1. The van der Waals surface area contributed by atoms with E-state index in [-0.39, 0.29) is 22.3 Å². The second-order valence-corrected chi connectivity index (χ2v) is 11.9. The molecule has 0 aliphatic carbocycles. The Kier molecular flexibility index (Phi) is 12.8. The Morgan fingerprint density at radius 3 is 1.62 bits per heavy atom. The summed E-state index contributed by atoms with van der Waals surface area (Å²) < 4.78 is 4.94. The van der Waals surface area contributed by atoms with Crippen LogP contribution in [-0.4, -0.2) is 38.8 Å². The molecule has 2 aromatic rings. The van der Waals surface area contributed by atoms with Crippen molar-refractivity contribution in [3.05, 3.63) is 46.5 Å². The first-order valence-corrected chi connectivity index (χ1v) is 13.3. The van der Waals surface area contributed by atoms with Gasteiger partial charge in [-0.05, 0) is 74.0 Å². The van der Waals surface area contributed by atoms with Crippen molar-refractivity contribution in [2.24, 2.45) is 4.99 Å². The fraction of sp³-hybridized carbons (Fsp3) is 0.552. The summed E-state index contributed by atoms with van der Waals surface area (Å²) in [5.41, 5.74) is 2.74. The molecule has 2 unspecified atom stereocenters. The van der Waals surface area contributed by atoms with E-state index in [9.17, 15) is 20.4 Å². The first-order chi connectivity index (χ1) is 17.0. The van der Waals surface area contributed by atoms with Gasteiger partial charge in [0.25, 0.3) is 0 Å². The van der Waals surface area contributed by atoms with Gasteiger partial charge in [-0.15, -0.1) is 12.6 Å². The number of ether oxygens (including phenoxy) is 1. The van der Waals surface area contributed by atoms with Crippen LogP contribution in [0, 0.1) is 0 Å². The molecule has 2 atom stereocenters. The Labute approximate surface area is 232 Å². The lowest BCUT2D eigenvalue weighted by Gasteiger charge is -2.23. The molecule has 1 aliphatic heterocycles. The van der Waals surface area contributed by atoms with Crippen LogP contribution in [0.1, 0.15) is 103 Å². The highest BCUT2D eigenvalue weighted by molar-refractivity contribution is 7.80. The minimum absolute atomic E-state index is 0.121. The van der Waals surface area contributed by atoms with Gasteiger partial charge in [-0.25, -0.2) is 0 Å². The van der Waals surface area contributed by atoms with Crippen LogP contribution in [-0.2, 0) is 15.6 Å². The topological polar surface area (TPSA) is 103 Å². The summed E-state index contributed by atoms with van der Waals surface area (Å²) in [6.07, 6.45) is 1.12. The van der Waals surface area contributed by atoms with E-state index in [1.165, 1.54) is 12.8 Å². The predicted molar refractivity (Wildman–Crippen MR) is 157 cm³/mol. The lowest BCUT2D eigenvalue weighted by molar-refractivity contribution is 0.193. The van der Waals surface area contributed by atoms with Crippen LogP contribution in [0.15, 0.2) is 34.2 Å². The summed E-state index contributed by atoms with van der Waals surface area (Å²) in [5, 5.41) is 41.6. The number of thiol groups is 1. The zero-order valence-corrected chi connectivity index (χ0v) is 25.0. The van der Waals surface area contributed by atoms with Gasteiger partial charge in [-0.1, -0.05) is 41.5 Å². The number of thiocarbonyl (C=S) groups is 1. The van der Waals surface area contributed by atoms with Gasteiger partial charge in [0.1, 0.15) is 11.5 Å². The Balaban J connectivity index is 0.000000312. The molecule has 0 aromatic heterocycles. The van der Waals surface area contributed by atoms with Gasteiger partial charge in [0.15, 0.2) is 0 Å². The van der Waals surface area contributed by atoms with Crippen LogP contribution < -0.4 is 0 Å². The van der Waals surface area contributed by atoms with Crippen molar-refractivity contribution in [2.45, 2.75) is 96.2 Å². The number of isothiocyanates is 1. The fourth-order valence-corrected chi connectivity index (χ4v) is 4.06. The molecule has 1 fully saturated rings. The lowest BCUT2D eigenvalue weighted by atomic mass is 9.84. The van der Waals surface area contributed by atoms with E-state index in [1.54, 1.807) is 32.0 Å². The molecule has 1 heterocycles. The molecular formula is C29H43NO5S2. The zero-order chi connectivity index (χ0) is 28.6. The molecular weight excluding hydrogens is 506 g/mol. The number of benzene rings is 2. The smallest absolute Gasteiger partial charge is 0.125 e. The molecule has 0 amide bonds. The summed E-state index contributed by atoms with van der Waals surface area (Å²) in [6, 6.07) is 6.91. The van der Waals surface area contributed by atoms with E-state index in [0.29, 0.717) is 16.8 Å². The quantitative estimate of drug-likeness (QED) is 0.156. The van der Waals surface area contributed by atoms with Gasteiger partial charge in [0.05, 0.1) is 23.1 Å². The van der Waals surface area contributed by atoms with E-state index in [4.69, 9.17) is 4.74 Å². The van der Waals surface area contributed by atoms with E-state index in [2.05, 4.69) is 35.0 Å². The van der Waals surface area contributed by atoms with Gasteiger partial charge >= 0.3 is 0 Å². The van der Waals surface area contributed by atoms with Crippen LogP contribution in [0.25, 0.3) is 0 Å². The van der Waals surface area contributed by atoms with Crippen molar-refractivity contribution in [1.82, 2.24) is 0 Å². The number of nitrogens with zero attached hydrogens (tertiary/aromatic N) is 1. The van der Waals surface area contributed by atoms with Crippen molar-refractivity contribution in [3.63, 3.8) is 0 Å². The minimum atomic E-state index is -0.753. The van der Waals surface area contributed by atoms with E-state index >= 15 is 0 Å². The van der Waals surface area contributed by atoms with Crippen molar-refractivity contribution < 1.29 is 25.2 Å². The van der Waals surface area contributed by atoms with Crippen molar-refractivity contribution in [3.8, 4) is 11.5 Å². The third-order valence-corrected chi connectivity index (χ3v) is 6.12. The molecule has 1 aliphatic rings. The third-order valence-electron chi connectivity index (χ3n) is 5.77. The Morgan fingerprint density at radius 2 is 1.27 bits per heavy atom. The third kappa shape index (κ3) is 10.4. The second kappa shape index (κ2) is 14.3. The summed E-state index contributed by atoms with van der Waals surface area (Å²) >= 11 is 8.85. The highest BCUT2D eigenvalue weighted by Gasteiger charge is 2.23. The zero-order valence-electron chi connectivity index (χ0n) is 23.3. The number of hydrogen-bond acceptors (Lipinski definition) is 8. The highest BCUT2D eigenvalue weighted by Crippen LogP contribution is 2.39. The molecule has 2 aromatic carbocycles. The standard InChI is InChI=1S/C13H17NO2S.C12H18O2S.C4H8O/c1-8(15)10-5-9(14-7-17)6-11(12(10)16)13(2,3)4;1-7(13)9-5-8(15)6-10(11(9)14)12(2,3)4;1-2-4-5-3-1/h5-6,8,15-16H,1-4H3;5-7,13-15H,1-4H3;1-4H2. The number of aliphatic hydroxyl groups excluding tert-OH is 2. The Morgan fingerprint density at radius 1 is 0.838 bits per heavy atom. The molecule has 1 saturated heterocycles. The van der Waals surface area contributed by atoms with Crippen LogP contribution in [0.2, 0.25) is 0 Å². The van der Waals surface area contributed by atoms with Crippen molar-refractivity contribution in [2.75, 3.05) is 13.2 Å². The van der Waals surface area contributed by atoms with E-state index in [1.807, 2.05) is 47.6 Å². The molecule has 6 nitrogen and oxygen atoms in total. The molecule has 0 radical (unpaired) electrons. The Hall–Kier alpha value is -1.93. The lowest BCUT2D eigenvalue weighted by Crippen LogP contribution is -2.12. The summed E-state index contributed by atoms with van der Waals surface area (Å²) in [6.45, 7) is 17.2. The maximum atomic E-state index is 10.1. The predicted octanol–water partition coefficient (Wildman–Crippen LogP) is 7.31. The number of aromatic hydroxyl groups is 2. The van der Waals surface area contributed by atoms with Crippen molar-refractivity contribution >= 4 is 35.7 Å². The number of aliphatic hydroxyl groups is 2. The summed E-state index contributed by atoms with van der Waals surface area (Å²) in [7, 11) is 0. The van der Waals surface area contributed by atoms with Gasteiger partial charge in [0, 0.05) is 40.4 Å². The summed E-state index contributed by atoms with van der Waals surface area (Å²) in [4.78, 5) is 4.67. The highest BCUT2D eigenvalue weighted by atomic mass is 32.1. The van der Waals surface area contributed by atoms with E-state index in [0.717, 1.165) is 29.2 Å². The Bertz CT molecular complexity index is 1070. The number of phenols is 2. The van der Waals surface area contributed by atoms with Crippen LogP contribution in [0.4, 0.5) is 5.69 Å². The molecule has 8 heteroatoms. The first kappa shape index (κ1) is 33.1. The molecule has 0 bridgehead atoms. The number of aliphatic imine (C=N–C) groups is 1. The monoisotopic (exact) mass is 549 g/mol. The number of phenolic OH excluding ortho intramolecular Hbond substituents is 2. The molecule has 0 spiro atoms. The second-order valence-electron chi connectivity index (χ2n) is 11.2. The van der Waals surface area contributed by atoms with Gasteiger partial charge in [0.2, 0.25) is 0 Å². The average molecular weight is 550 g/mol. The van der Waals surface area contributed by atoms with E-state index < -0.39 is 12.2 Å². The largest absolute Gasteiger partial charge is 0.507 e. The molecule has 4 N–H and O–H groups in total. The van der Waals surface area contributed by atoms with Gasteiger partial charge in [-0.3, -0.25) is 0 Å². The molecule has 206 valence electrons. The van der Waals surface area contributed by atoms with Gasteiger partial charge in [-0.2, -0.15) is 4.99 Å². The average Bonchev–Trinajstić information content (AvgIpc) is 3.35. The molecule has 37 heavy (non-hydrogen) atoms. The number of hydrogen-bond donors (Lipinski definition) is 5. The summed E-state index contributed by atoms with van der Waals surface area (Å²) in [5.74, 6) is 0.297. The SMILES string of the molecule is C1CCOC1.CC(O)c1cc(N=C=S)cc(C(C)(C)C)c1O.CC(O)c1cc(S)cc(C(C)(C)C)c1O. The number of rotatable bonds is 3. The molecule has 3 rings (SSSR count). The van der Waals surface area contributed by atoms with Crippen LogP contribution >= 0.6 is 24.8 Å². The van der Waals surface area contributed by atoms with Crippen LogP contribution in [0.3, 0.4) is 0 Å². The van der Waals surface area contributed by atoms with Gasteiger partial charge < -0.3 is 25.2 Å². The maximum Gasteiger partial charge on any atom is 0.125 e. The fourth-order valence-electron chi connectivity index (χ4n) is 3.69. The minimum Gasteiger partial charge on any atom is -0.507 e. The van der Waals surface area contributed by atoms with Crippen molar-refractivity contribution in [1.29, 1.82) is 0 Å².